The molecule has 1 atom stereocenters. The Morgan fingerprint density at radius 2 is 2.36 bits per heavy atom. The van der Waals surface area contributed by atoms with Gasteiger partial charge >= 0.3 is 6.09 Å². The smallest absolute Gasteiger partial charge is 0.407 e. The van der Waals surface area contributed by atoms with Gasteiger partial charge in [-0.3, -0.25) is 0 Å². The van der Waals surface area contributed by atoms with Crippen molar-refractivity contribution in [2.24, 2.45) is 5.73 Å². The van der Waals surface area contributed by atoms with E-state index in [0.29, 0.717) is 13.1 Å². The summed E-state index contributed by atoms with van der Waals surface area (Å²) >= 11 is 0. The Hall–Kier alpha value is -0.770. The minimum Gasteiger partial charge on any atom is -0.465 e. The maximum atomic E-state index is 10.6. The van der Waals surface area contributed by atoms with Crippen LogP contribution in [0.5, 0.6) is 0 Å². The molecule has 1 fully saturated rings. The van der Waals surface area contributed by atoms with E-state index in [1.165, 1.54) is 4.90 Å². The van der Waals surface area contributed by atoms with Gasteiger partial charge in [-0.15, -0.1) is 0 Å². The van der Waals surface area contributed by atoms with E-state index in [0.717, 1.165) is 19.3 Å². The molecule has 1 heterocycles. The van der Waals surface area contributed by atoms with Crippen LogP contribution < -0.4 is 5.73 Å². The zero-order valence-corrected chi connectivity index (χ0v) is 6.49. The van der Waals surface area contributed by atoms with Gasteiger partial charge in [0.25, 0.3) is 0 Å². The number of amides is 1. The van der Waals surface area contributed by atoms with E-state index >= 15 is 0 Å². The zero-order chi connectivity index (χ0) is 8.27. The second kappa shape index (κ2) is 3.57. The van der Waals surface area contributed by atoms with Crippen molar-refractivity contribution in [1.82, 2.24) is 4.90 Å². The summed E-state index contributed by atoms with van der Waals surface area (Å²) in [7, 11) is 0. The van der Waals surface area contributed by atoms with Gasteiger partial charge < -0.3 is 15.7 Å². The molecule has 1 rings (SSSR count). The standard InChI is InChI=1S/C7H14N2O2/c8-5-6-3-1-2-4-9(6)7(10)11/h6H,1-5,8H2,(H,10,11). The Morgan fingerprint density at radius 1 is 1.64 bits per heavy atom. The lowest BCUT2D eigenvalue weighted by molar-refractivity contribution is 0.109. The zero-order valence-electron chi connectivity index (χ0n) is 6.49. The molecule has 64 valence electrons. The largest absolute Gasteiger partial charge is 0.465 e. The quantitative estimate of drug-likeness (QED) is 0.583. The topological polar surface area (TPSA) is 66.6 Å². The SMILES string of the molecule is NCC1CCCCN1C(=O)O. The van der Waals surface area contributed by atoms with Crippen molar-refractivity contribution >= 4 is 6.09 Å². The molecule has 0 saturated carbocycles. The van der Waals surface area contributed by atoms with Gasteiger partial charge in [-0.1, -0.05) is 0 Å². The number of rotatable bonds is 1. The highest BCUT2D eigenvalue weighted by Gasteiger charge is 2.24. The second-order valence-corrected chi connectivity index (χ2v) is 2.86. The van der Waals surface area contributed by atoms with Crippen LogP contribution in [0.25, 0.3) is 0 Å². The molecule has 0 spiro atoms. The van der Waals surface area contributed by atoms with Gasteiger partial charge in [0.1, 0.15) is 0 Å². The van der Waals surface area contributed by atoms with E-state index in [1.807, 2.05) is 0 Å². The van der Waals surface area contributed by atoms with Gasteiger partial charge in [-0.05, 0) is 19.3 Å². The number of hydrogen-bond acceptors (Lipinski definition) is 2. The van der Waals surface area contributed by atoms with Crippen LogP contribution in [0.2, 0.25) is 0 Å². The average Bonchev–Trinajstić information content (AvgIpc) is 2.04. The number of carboxylic acid groups (broad SMARTS) is 1. The molecule has 1 unspecified atom stereocenters. The molecular weight excluding hydrogens is 144 g/mol. The summed E-state index contributed by atoms with van der Waals surface area (Å²) in [6.07, 6.45) is 2.16. The molecule has 1 saturated heterocycles. The first-order chi connectivity index (χ1) is 5.25. The lowest BCUT2D eigenvalue weighted by Gasteiger charge is -2.32. The van der Waals surface area contributed by atoms with Crippen molar-refractivity contribution in [1.29, 1.82) is 0 Å². The van der Waals surface area contributed by atoms with E-state index in [2.05, 4.69) is 0 Å². The first-order valence-corrected chi connectivity index (χ1v) is 3.95. The van der Waals surface area contributed by atoms with Crippen molar-refractivity contribution < 1.29 is 9.90 Å². The van der Waals surface area contributed by atoms with Crippen LogP contribution in [0.3, 0.4) is 0 Å². The first-order valence-electron chi connectivity index (χ1n) is 3.95. The number of likely N-dealkylation sites (tertiary alicyclic amines) is 1. The molecule has 3 N–H and O–H groups in total. The van der Waals surface area contributed by atoms with Crippen LogP contribution in [0.4, 0.5) is 4.79 Å². The van der Waals surface area contributed by atoms with Crippen molar-refractivity contribution in [3.05, 3.63) is 0 Å². The normalized spacial score (nSPS) is 25.2. The van der Waals surface area contributed by atoms with Crippen LogP contribution >= 0.6 is 0 Å². The van der Waals surface area contributed by atoms with Gasteiger partial charge in [-0.2, -0.15) is 0 Å². The molecular formula is C7H14N2O2. The van der Waals surface area contributed by atoms with E-state index in [4.69, 9.17) is 10.8 Å². The molecule has 11 heavy (non-hydrogen) atoms. The highest BCUT2D eigenvalue weighted by atomic mass is 16.4. The number of nitrogens with zero attached hydrogens (tertiary/aromatic N) is 1. The number of piperidine rings is 1. The summed E-state index contributed by atoms with van der Waals surface area (Å²) in [4.78, 5) is 12.0. The maximum absolute atomic E-state index is 10.6. The van der Waals surface area contributed by atoms with Crippen LogP contribution in [0.1, 0.15) is 19.3 Å². The molecule has 4 heteroatoms. The summed E-state index contributed by atoms with van der Waals surface area (Å²) < 4.78 is 0. The number of carbonyl (C=O) groups is 1. The van der Waals surface area contributed by atoms with Crippen LogP contribution in [-0.2, 0) is 0 Å². The van der Waals surface area contributed by atoms with Gasteiger partial charge in [0.05, 0.1) is 0 Å². The Labute approximate surface area is 66.0 Å². The predicted octanol–water partition coefficient (Wildman–Crippen LogP) is 0.478. The maximum Gasteiger partial charge on any atom is 0.407 e. The predicted molar refractivity (Wildman–Crippen MR) is 41.4 cm³/mol. The van der Waals surface area contributed by atoms with E-state index in [9.17, 15) is 4.79 Å². The molecule has 4 nitrogen and oxygen atoms in total. The molecule has 0 aliphatic carbocycles. The third kappa shape index (κ3) is 1.83. The van der Waals surface area contributed by atoms with Gasteiger partial charge in [0.15, 0.2) is 0 Å². The van der Waals surface area contributed by atoms with E-state index < -0.39 is 6.09 Å². The highest BCUT2D eigenvalue weighted by molar-refractivity contribution is 5.65. The third-order valence-corrected chi connectivity index (χ3v) is 2.14. The van der Waals surface area contributed by atoms with Crippen LogP contribution in [0.15, 0.2) is 0 Å². The Kier molecular flexibility index (Phi) is 2.70. The first kappa shape index (κ1) is 8.33. The molecule has 1 amide bonds. The summed E-state index contributed by atoms with van der Waals surface area (Å²) in [5.41, 5.74) is 5.43. The van der Waals surface area contributed by atoms with Gasteiger partial charge in [0.2, 0.25) is 0 Å². The second-order valence-electron chi connectivity index (χ2n) is 2.86. The van der Waals surface area contributed by atoms with Crippen LogP contribution in [0, 0.1) is 0 Å². The Bertz CT molecular complexity index is 149. The lowest BCUT2D eigenvalue weighted by Crippen LogP contribution is -2.46. The summed E-state index contributed by atoms with van der Waals surface area (Å²) in [5.74, 6) is 0. The van der Waals surface area contributed by atoms with Gasteiger partial charge in [0, 0.05) is 19.1 Å². The van der Waals surface area contributed by atoms with Gasteiger partial charge in [-0.25, -0.2) is 4.79 Å². The molecule has 1 aliphatic rings. The van der Waals surface area contributed by atoms with Crippen LogP contribution in [-0.4, -0.2) is 35.2 Å². The van der Waals surface area contributed by atoms with Crippen molar-refractivity contribution in [3.63, 3.8) is 0 Å². The fourth-order valence-corrected chi connectivity index (χ4v) is 1.50. The molecule has 0 aromatic heterocycles. The fourth-order valence-electron chi connectivity index (χ4n) is 1.50. The molecule has 0 bridgehead atoms. The fraction of sp³-hybridized carbons (Fsp3) is 0.857. The van der Waals surface area contributed by atoms with Crippen molar-refractivity contribution in [2.75, 3.05) is 13.1 Å². The summed E-state index contributed by atoms with van der Waals surface area (Å²) in [6.45, 7) is 1.10. The van der Waals surface area contributed by atoms with E-state index in [-0.39, 0.29) is 6.04 Å². The van der Waals surface area contributed by atoms with E-state index in [1.54, 1.807) is 0 Å². The number of nitrogens with two attached hydrogens (primary N) is 1. The summed E-state index contributed by atoms with van der Waals surface area (Å²) in [6, 6.07) is 0.0567. The third-order valence-electron chi connectivity index (χ3n) is 2.14. The minimum atomic E-state index is -0.833. The molecule has 0 aromatic rings. The van der Waals surface area contributed by atoms with Crippen molar-refractivity contribution in [2.45, 2.75) is 25.3 Å². The molecule has 1 aliphatic heterocycles. The summed E-state index contributed by atoms with van der Waals surface area (Å²) in [5, 5.41) is 8.71. The van der Waals surface area contributed by atoms with Crippen molar-refractivity contribution in [3.8, 4) is 0 Å². The monoisotopic (exact) mass is 158 g/mol. The lowest BCUT2D eigenvalue weighted by atomic mass is 10.0. The Morgan fingerprint density at radius 3 is 2.82 bits per heavy atom. The number of hydrogen-bond donors (Lipinski definition) is 2. The Balaban J connectivity index is 2.51. The highest BCUT2D eigenvalue weighted by Crippen LogP contribution is 2.15. The molecule has 0 aromatic carbocycles. The molecule has 0 radical (unpaired) electrons. The average molecular weight is 158 g/mol. The minimum absolute atomic E-state index is 0.0567.